The summed E-state index contributed by atoms with van der Waals surface area (Å²) in [4.78, 5) is 15.1. The van der Waals surface area contributed by atoms with Gasteiger partial charge in [0.05, 0.1) is 13.2 Å². The summed E-state index contributed by atoms with van der Waals surface area (Å²) in [6.45, 7) is 9.14. The molecule has 1 aliphatic heterocycles. The Morgan fingerprint density at radius 1 is 1.00 bits per heavy atom. The molecule has 0 aliphatic carbocycles. The molecule has 3 rings (SSSR count). The molecule has 2 aromatic rings. The fourth-order valence-electron chi connectivity index (χ4n) is 3.35. The van der Waals surface area contributed by atoms with Crippen LogP contribution >= 0.6 is 0 Å². The van der Waals surface area contributed by atoms with E-state index >= 15 is 0 Å². The molecule has 0 aromatic heterocycles. The number of benzene rings is 2. The van der Waals surface area contributed by atoms with Gasteiger partial charge in [0.1, 0.15) is 0 Å². The van der Waals surface area contributed by atoms with Gasteiger partial charge in [-0.25, -0.2) is 0 Å². The first-order valence-electron chi connectivity index (χ1n) is 9.69. The number of nitrogens with zero attached hydrogens (tertiary/aromatic N) is 1. The first-order valence-corrected chi connectivity index (χ1v) is 9.69. The lowest BCUT2D eigenvalue weighted by molar-refractivity contribution is 0.102. The summed E-state index contributed by atoms with van der Waals surface area (Å²) in [5.41, 5.74) is 3.66. The van der Waals surface area contributed by atoms with Crippen LogP contribution in [0.3, 0.4) is 0 Å². The van der Waals surface area contributed by atoms with Gasteiger partial charge in [0.15, 0.2) is 11.5 Å². The van der Waals surface area contributed by atoms with Gasteiger partial charge in [0.2, 0.25) is 0 Å². The van der Waals surface area contributed by atoms with E-state index in [2.05, 4.69) is 22.3 Å². The largest absolute Gasteiger partial charge is 0.490 e. The quantitative estimate of drug-likeness (QED) is 0.773. The molecule has 144 valence electrons. The zero-order valence-corrected chi connectivity index (χ0v) is 16.4. The molecule has 1 N–H and O–H groups in total. The molecule has 1 fully saturated rings. The van der Waals surface area contributed by atoms with Gasteiger partial charge in [-0.15, -0.1) is 0 Å². The second-order valence-corrected chi connectivity index (χ2v) is 6.68. The van der Waals surface area contributed by atoms with Crippen molar-refractivity contribution in [2.75, 3.05) is 36.5 Å². The summed E-state index contributed by atoms with van der Waals surface area (Å²) < 4.78 is 11.2. The van der Waals surface area contributed by atoms with Gasteiger partial charge >= 0.3 is 0 Å². The van der Waals surface area contributed by atoms with Crippen LogP contribution in [0.2, 0.25) is 0 Å². The molecule has 1 amide bonds. The molecule has 0 spiro atoms. The molecule has 5 heteroatoms. The highest BCUT2D eigenvalue weighted by molar-refractivity contribution is 6.05. The Bertz CT molecular complexity index is 798. The molecular formula is C22H28N2O3. The maximum Gasteiger partial charge on any atom is 0.255 e. The highest BCUT2D eigenvalue weighted by Gasteiger charge is 2.15. The minimum Gasteiger partial charge on any atom is -0.490 e. The van der Waals surface area contributed by atoms with E-state index in [0.29, 0.717) is 30.3 Å². The third-order valence-electron chi connectivity index (χ3n) is 4.73. The Labute approximate surface area is 161 Å². The molecule has 2 aromatic carbocycles. The minimum atomic E-state index is -0.156. The van der Waals surface area contributed by atoms with E-state index in [4.69, 9.17) is 9.47 Å². The number of aryl methyl sites for hydroxylation is 1. The third kappa shape index (κ3) is 4.54. The number of hydrogen-bond acceptors (Lipinski definition) is 4. The second kappa shape index (κ2) is 8.80. The SMILES string of the molecule is CCOc1ccc(C(=O)Nc2ccc(N3CCCC3)cc2C)cc1OCC. The van der Waals surface area contributed by atoms with Gasteiger partial charge in [-0.3, -0.25) is 4.79 Å². The topological polar surface area (TPSA) is 50.8 Å². The average Bonchev–Trinajstić information content (AvgIpc) is 3.20. The van der Waals surface area contributed by atoms with Crippen LogP contribution in [-0.2, 0) is 0 Å². The molecule has 5 nitrogen and oxygen atoms in total. The lowest BCUT2D eigenvalue weighted by Gasteiger charge is -2.19. The van der Waals surface area contributed by atoms with Crippen molar-refractivity contribution in [1.82, 2.24) is 0 Å². The summed E-state index contributed by atoms with van der Waals surface area (Å²) in [5, 5.41) is 3.01. The van der Waals surface area contributed by atoms with Gasteiger partial charge in [0, 0.05) is 30.0 Å². The summed E-state index contributed by atoms with van der Waals surface area (Å²) in [7, 11) is 0. The molecule has 0 radical (unpaired) electrons. The monoisotopic (exact) mass is 368 g/mol. The van der Waals surface area contributed by atoms with Gasteiger partial charge in [-0.2, -0.15) is 0 Å². The van der Waals surface area contributed by atoms with E-state index in [1.165, 1.54) is 18.5 Å². The predicted molar refractivity (Wildman–Crippen MR) is 109 cm³/mol. The molecule has 1 heterocycles. The van der Waals surface area contributed by atoms with E-state index in [9.17, 15) is 4.79 Å². The Hall–Kier alpha value is -2.69. The van der Waals surface area contributed by atoms with Crippen molar-refractivity contribution < 1.29 is 14.3 Å². The fraction of sp³-hybridized carbons (Fsp3) is 0.409. The normalized spacial score (nSPS) is 13.5. The Morgan fingerprint density at radius 3 is 2.37 bits per heavy atom. The van der Waals surface area contributed by atoms with Crippen LogP contribution in [0.4, 0.5) is 11.4 Å². The molecule has 1 aliphatic rings. The van der Waals surface area contributed by atoms with Crippen molar-refractivity contribution in [3.05, 3.63) is 47.5 Å². The third-order valence-corrected chi connectivity index (χ3v) is 4.73. The fourth-order valence-corrected chi connectivity index (χ4v) is 3.35. The minimum absolute atomic E-state index is 0.156. The number of ether oxygens (including phenoxy) is 2. The van der Waals surface area contributed by atoms with Crippen molar-refractivity contribution >= 4 is 17.3 Å². The molecule has 0 saturated carbocycles. The standard InChI is InChI=1S/C22H28N2O3/c1-4-26-20-11-8-17(15-21(20)27-5-2)22(25)23-19-10-9-18(14-16(19)3)24-12-6-7-13-24/h8-11,14-15H,4-7,12-13H2,1-3H3,(H,23,25). The van der Waals surface area contributed by atoms with Crippen LogP contribution in [0, 0.1) is 6.92 Å². The van der Waals surface area contributed by atoms with Gasteiger partial charge in [-0.1, -0.05) is 0 Å². The average molecular weight is 368 g/mol. The van der Waals surface area contributed by atoms with E-state index < -0.39 is 0 Å². The van der Waals surface area contributed by atoms with Crippen molar-refractivity contribution in [3.63, 3.8) is 0 Å². The van der Waals surface area contributed by atoms with Gasteiger partial charge < -0.3 is 19.7 Å². The first-order chi connectivity index (χ1) is 13.1. The predicted octanol–water partition coefficient (Wildman–Crippen LogP) is 4.64. The number of amides is 1. The van der Waals surface area contributed by atoms with Crippen LogP contribution in [0.5, 0.6) is 11.5 Å². The molecule has 1 saturated heterocycles. The summed E-state index contributed by atoms with van der Waals surface area (Å²) >= 11 is 0. The van der Waals surface area contributed by atoms with Crippen molar-refractivity contribution in [2.45, 2.75) is 33.6 Å². The number of hydrogen-bond donors (Lipinski definition) is 1. The number of carbonyl (C=O) groups is 1. The smallest absolute Gasteiger partial charge is 0.255 e. The van der Waals surface area contributed by atoms with Crippen LogP contribution in [0.25, 0.3) is 0 Å². The lowest BCUT2D eigenvalue weighted by atomic mass is 10.1. The number of anilines is 2. The highest BCUT2D eigenvalue weighted by atomic mass is 16.5. The van der Waals surface area contributed by atoms with E-state index in [1.54, 1.807) is 18.2 Å². The second-order valence-electron chi connectivity index (χ2n) is 6.68. The molecular weight excluding hydrogens is 340 g/mol. The van der Waals surface area contributed by atoms with Crippen molar-refractivity contribution in [1.29, 1.82) is 0 Å². The van der Waals surface area contributed by atoms with Gasteiger partial charge in [0.25, 0.3) is 5.91 Å². The summed E-state index contributed by atoms with van der Waals surface area (Å²) in [6.07, 6.45) is 2.49. The zero-order chi connectivity index (χ0) is 19.2. The zero-order valence-electron chi connectivity index (χ0n) is 16.4. The highest BCUT2D eigenvalue weighted by Crippen LogP contribution is 2.30. The van der Waals surface area contributed by atoms with E-state index in [-0.39, 0.29) is 5.91 Å². The maximum absolute atomic E-state index is 12.7. The molecule has 0 atom stereocenters. The van der Waals surface area contributed by atoms with Crippen LogP contribution < -0.4 is 19.7 Å². The van der Waals surface area contributed by atoms with Gasteiger partial charge in [-0.05, 0) is 75.6 Å². The first kappa shape index (κ1) is 19.1. The Morgan fingerprint density at radius 2 is 1.70 bits per heavy atom. The van der Waals surface area contributed by atoms with Crippen molar-refractivity contribution in [2.24, 2.45) is 0 Å². The number of rotatable bonds is 7. The maximum atomic E-state index is 12.7. The van der Waals surface area contributed by atoms with E-state index in [1.807, 2.05) is 26.8 Å². The molecule has 0 bridgehead atoms. The van der Waals surface area contributed by atoms with Crippen molar-refractivity contribution in [3.8, 4) is 11.5 Å². The summed E-state index contributed by atoms with van der Waals surface area (Å²) in [5.74, 6) is 1.09. The molecule has 27 heavy (non-hydrogen) atoms. The number of nitrogens with one attached hydrogen (secondary N) is 1. The summed E-state index contributed by atoms with van der Waals surface area (Å²) in [6, 6.07) is 11.5. The van der Waals surface area contributed by atoms with Crippen LogP contribution in [0.15, 0.2) is 36.4 Å². The van der Waals surface area contributed by atoms with Crippen LogP contribution in [-0.4, -0.2) is 32.2 Å². The number of carbonyl (C=O) groups excluding carboxylic acids is 1. The Kier molecular flexibility index (Phi) is 6.22. The van der Waals surface area contributed by atoms with E-state index in [0.717, 1.165) is 24.3 Å². The molecule has 0 unspecified atom stereocenters. The van der Waals surface area contributed by atoms with Crippen LogP contribution in [0.1, 0.15) is 42.6 Å². The lowest BCUT2D eigenvalue weighted by Crippen LogP contribution is -2.18. The Balaban J connectivity index is 1.75.